The molecule has 0 heterocycles. The minimum Gasteiger partial charge on any atom is -0.492 e. The average Bonchev–Trinajstić information content (AvgIpc) is 2.99. The third-order valence-electron chi connectivity index (χ3n) is 4.88. The smallest absolute Gasteiger partial charge is 0.120 e. The molecule has 2 aromatic rings. The van der Waals surface area contributed by atoms with Crippen LogP contribution in [0.3, 0.4) is 0 Å². The van der Waals surface area contributed by atoms with Crippen LogP contribution in [0.4, 0.5) is 0 Å². The first-order valence-electron chi connectivity index (χ1n) is 10.4. The second-order valence-electron chi connectivity index (χ2n) is 7.10. The summed E-state index contributed by atoms with van der Waals surface area (Å²) in [6.07, 6.45) is 1.62. The number of hydrogen-bond donors (Lipinski definition) is 3. The van der Waals surface area contributed by atoms with E-state index in [-0.39, 0.29) is 0 Å². The van der Waals surface area contributed by atoms with Crippen molar-refractivity contribution in [1.82, 2.24) is 10.6 Å². The maximum atomic E-state index is 10.7. The predicted octanol–water partition coefficient (Wildman–Crippen LogP) is 3.51. The van der Waals surface area contributed by atoms with Gasteiger partial charge in [-0.3, -0.25) is 0 Å². The Bertz CT molecular complexity index is 764. The SMILES string of the molecule is CCCNCCOc1ccc2c(c1)-c1ccc(OCCNCCC)cc1C2O. The average molecular weight is 385 g/mol. The molecule has 0 saturated carbocycles. The number of hydrogen-bond acceptors (Lipinski definition) is 5. The molecule has 0 fully saturated rings. The van der Waals surface area contributed by atoms with Gasteiger partial charge in [0.15, 0.2) is 0 Å². The van der Waals surface area contributed by atoms with Crippen LogP contribution in [0.15, 0.2) is 36.4 Å². The van der Waals surface area contributed by atoms with Gasteiger partial charge in [-0.15, -0.1) is 0 Å². The predicted molar refractivity (Wildman–Crippen MR) is 113 cm³/mol. The molecule has 5 nitrogen and oxygen atoms in total. The van der Waals surface area contributed by atoms with Crippen molar-refractivity contribution in [3.63, 3.8) is 0 Å². The number of rotatable bonds is 12. The van der Waals surface area contributed by atoms with Crippen LogP contribution in [0.25, 0.3) is 11.1 Å². The fraction of sp³-hybridized carbons (Fsp3) is 0.478. The summed E-state index contributed by atoms with van der Waals surface area (Å²) in [7, 11) is 0. The zero-order chi connectivity index (χ0) is 19.8. The van der Waals surface area contributed by atoms with Gasteiger partial charge in [-0.05, 0) is 72.5 Å². The summed E-state index contributed by atoms with van der Waals surface area (Å²) in [6.45, 7) is 9.20. The molecule has 3 rings (SSSR count). The van der Waals surface area contributed by atoms with Gasteiger partial charge in [-0.25, -0.2) is 0 Å². The summed E-state index contributed by atoms with van der Waals surface area (Å²) >= 11 is 0. The molecule has 1 aliphatic carbocycles. The molecular weight excluding hydrogens is 352 g/mol. The number of fused-ring (bicyclic) bond motifs is 3. The molecular formula is C23H32N2O3. The Morgan fingerprint density at radius 2 is 1.36 bits per heavy atom. The lowest BCUT2D eigenvalue weighted by Gasteiger charge is -2.10. The van der Waals surface area contributed by atoms with Gasteiger partial charge in [0, 0.05) is 13.1 Å². The summed E-state index contributed by atoms with van der Waals surface area (Å²) in [5, 5.41) is 17.4. The van der Waals surface area contributed by atoms with Crippen LogP contribution < -0.4 is 20.1 Å². The zero-order valence-electron chi connectivity index (χ0n) is 17.0. The van der Waals surface area contributed by atoms with Gasteiger partial charge in [0.05, 0.1) is 0 Å². The summed E-state index contributed by atoms with van der Waals surface area (Å²) in [5.74, 6) is 1.63. The van der Waals surface area contributed by atoms with E-state index in [0.29, 0.717) is 13.2 Å². The summed E-state index contributed by atoms with van der Waals surface area (Å²) in [6, 6.07) is 11.9. The third kappa shape index (κ3) is 5.04. The van der Waals surface area contributed by atoms with Crippen molar-refractivity contribution in [3.8, 4) is 22.6 Å². The van der Waals surface area contributed by atoms with E-state index >= 15 is 0 Å². The van der Waals surface area contributed by atoms with Gasteiger partial charge in [-0.2, -0.15) is 0 Å². The van der Waals surface area contributed by atoms with E-state index in [9.17, 15) is 5.11 Å². The van der Waals surface area contributed by atoms with E-state index in [1.54, 1.807) is 0 Å². The van der Waals surface area contributed by atoms with Crippen molar-refractivity contribution in [2.24, 2.45) is 0 Å². The highest BCUT2D eigenvalue weighted by Crippen LogP contribution is 2.45. The Kier molecular flexibility index (Phi) is 7.71. The van der Waals surface area contributed by atoms with Crippen molar-refractivity contribution in [2.75, 3.05) is 39.4 Å². The van der Waals surface area contributed by atoms with Crippen LogP contribution in [-0.2, 0) is 0 Å². The van der Waals surface area contributed by atoms with Gasteiger partial charge in [0.25, 0.3) is 0 Å². The molecule has 28 heavy (non-hydrogen) atoms. The molecule has 0 amide bonds. The fourth-order valence-corrected chi connectivity index (χ4v) is 3.45. The topological polar surface area (TPSA) is 62.8 Å². The van der Waals surface area contributed by atoms with Crippen molar-refractivity contribution < 1.29 is 14.6 Å². The molecule has 0 aliphatic heterocycles. The first-order chi connectivity index (χ1) is 13.7. The highest BCUT2D eigenvalue weighted by molar-refractivity contribution is 5.79. The molecule has 152 valence electrons. The first-order valence-corrected chi connectivity index (χ1v) is 10.4. The number of aliphatic hydroxyl groups is 1. The van der Waals surface area contributed by atoms with Crippen molar-refractivity contribution >= 4 is 0 Å². The van der Waals surface area contributed by atoms with Crippen molar-refractivity contribution in [2.45, 2.75) is 32.8 Å². The molecule has 1 atom stereocenters. The molecule has 0 radical (unpaired) electrons. The zero-order valence-corrected chi connectivity index (χ0v) is 17.0. The molecule has 0 aromatic heterocycles. The molecule has 1 unspecified atom stereocenters. The van der Waals surface area contributed by atoms with E-state index in [2.05, 4.69) is 24.5 Å². The second kappa shape index (κ2) is 10.5. The van der Waals surface area contributed by atoms with E-state index in [1.807, 2.05) is 36.4 Å². The van der Waals surface area contributed by atoms with Crippen molar-refractivity contribution in [1.29, 1.82) is 0 Å². The maximum absolute atomic E-state index is 10.7. The van der Waals surface area contributed by atoms with Crippen molar-refractivity contribution in [3.05, 3.63) is 47.5 Å². The van der Waals surface area contributed by atoms with Gasteiger partial charge in [0.2, 0.25) is 0 Å². The van der Waals surface area contributed by atoms with Gasteiger partial charge in [-0.1, -0.05) is 26.0 Å². The highest BCUT2D eigenvalue weighted by Gasteiger charge is 2.27. The van der Waals surface area contributed by atoms with E-state index < -0.39 is 6.10 Å². The molecule has 0 saturated heterocycles. The summed E-state index contributed by atoms with van der Waals surface area (Å²) in [5.41, 5.74) is 3.91. The second-order valence-corrected chi connectivity index (χ2v) is 7.10. The monoisotopic (exact) mass is 384 g/mol. The molecule has 2 aromatic carbocycles. The van der Waals surface area contributed by atoms with Crippen LogP contribution in [-0.4, -0.2) is 44.5 Å². The fourth-order valence-electron chi connectivity index (χ4n) is 3.45. The Morgan fingerprint density at radius 3 is 2.00 bits per heavy atom. The van der Waals surface area contributed by atoms with Gasteiger partial charge >= 0.3 is 0 Å². The largest absolute Gasteiger partial charge is 0.492 e. The molecule has 1 aliphatic rings. The number of aliphatic hydroxyl groups excluding tert-OH is 1. The lowest BCUT2D eigenvalue weighted by molar-refractivity contribution is 0.224. The lowest BCUT2D eigenvalue weighted by atomic mass is 10.1. The Balaban J connectivity index is 1.64. The third-order valence-corrected chi connectivity index (χ3v) is 4.88. The molecule has 5 heteroatoms. The highest BCUT2D eigenvalue weighted by atomic mass is 16.5. The van der Waals surface area contributed by atoms with Gasteiger partial charge in [0.1, 0.15) is 30.8 Å². The molecule has 0 bridgehead atoms. The van der Waals surface area contributed by atoms with E-state index in [4.69, 9.17) is 9.47 Å². The molecule has 3 N–H and O–H groups in total. The summed E-state index contributed by atoms with van der Waals surface area (Å²) in [4.78, 5) is 0. The number of ether oxygens (including phenoxy) is 2. The van der Waals surface area contributed by atoms with Crippen LogP contribution in [0.1, 0.15) is 43.9 Å². The normalized spacial score (nSPS) is 14.6. The Labute approximate surface area is 168 Å². The lowest BCUT2D eigenvalue weighted by Crippen LogP contribution is -2.21. The minimum absolute atomic E-state index is 0.617. The first kappa shape index (κ1) is 20.6. The van der Waals surface area contributed by atoms with Crippen LogP contribution in [0, 0.1) is 0 Å². The number of benzene rings is 2. The van der Waals surface area contributed by atoms with Crippen LogP contribution >= 0.6 is 0 Å². The standard InChI is InChI=1S/C23H32N2O3/c1-3-9-24-11-13-27-17-6-8-20-21(15-17)19-7-5-18(16-22(19)23(20)26)28-14-12-25-10-4-2/h5-8,15-16,23-26H,3-4,9-14H2,1-2H3. The van der Waals surface area contributed by atoms with E-state index in [0.717, 1.165) is 72.8 Å². The van der Waals surface area contributed by atoms with E-state index in [1.165, 1.54) is 0 Å². The van der Waals surface area contributed by atoms with Crippen LogP contribution in [0.2, 0.25) is 0 Å². The molecule has 0 spiro atoms. The Morgan fingerprint density at radius 1 is 0.750 bits per heavy atom. The quantitative estimate of drug-likeness (QED) is 0.489. The van der Waals surface area contributed by atoms with Crippen LogP contribution in [0.5, 0.6) is 11.5 Å². The summed E-state index contributed by atoms with van der Waals surface area (Å²) < 4.78 is 11.7. The maximum Gasteiger partial charge on any atom is 0.120 e. The minimum atomic E-state index is -0.618. The Hall–Kier alpha value is -2.08. The van der Waals surface area contributed by atoms with Gasteiger partial charge < -0.3 is 25.2 Å². The number of nitrogens with one attached hydrogen (secondary N) is 2.